The molecule has 2 bridgehead atoms. The molecule has 4 fully saturated rings. The maximum Gasteiger partial charge on any atom is 0.222 e. The van der Waals surface area contributed by atoms with Crippen molar-refractivity contribution in [2.45, 2.75) is 38.8 Å². The van der Waals surface area contributed by atoms with Gasteiger partial charge in [0.2, 0.25) is 5.91 Å². The number of carbonyl (C=O) groups excluding carboxylic acids is 1. The second-order valence-electron chi connectivity index (χ2n) is 8.48. The fourth-order valence-corrected chi connectivity index (χ4v) is 5.88. The summed E-state index contributed by atoms with van der Waals surface area (Å²) in [6, 6.07) is 8.78. The van der Waals surface area contributed by atoms with Crippen molar-refractivity contribution in [3.63, 3.8) is 0 Å². The number of hydrogen-bond donors (Lipinski definition) is 1. The van der Waals surface area contributed by atoms with Crippen LogP contribution >= 0.6 is 0 Å². The van der Waals surface area contributed by atoms with Crippen molar-refractivity contribution in [2.75, 3.05) is 40.9 Å². The lowest BCUT2D eigenvalue weighted by molar-refractivity contribution is -0.121. The molecule has 0 unspecified atom stereocenters. The van der Waals surface area contributed by atoms with Crippen LogP contribution in [-0.4, -0.2) is 57.5 Å². The Kier molecular flexibility index (Phi) is 4.17. The summed E-state index contributed by atoms with van der Waals surface area (Å²) in [7, 11) is -2.87. The summed E-state index contributed by atoms with van der Waals surface area (Å²) in [6.45, 7) is 6.46. The molecule has 4 saturated heterocycles. The summed E-state index contributed by atoms with van der Waals surface area (Å²) in [6.07, 6.45) is 1.55. The van der Waals surface area contributed by atoms with E-state index in [0.717, 1.165) is 24.3 Å². The number of nitrogens with one attached hydrogen (secondary N) is 1. The minimum atomic E-state index is -2.87. The largest absolute Gasteiger partial charge is 0.369 e. The molecule has 142 valence electrons. The highest BCUT2D eigenvalue weighted by molar-refractivity contribution is 7.91. The third kappa shape index (κ3) is 3.29. The highest BCUT2D eigenvalue weighted by Gasteiger charge is 2.45. The Morgan fingerprint density at radius 1 is 1.08 bits per heavy atom. The van der Waals surface area contributed by atoms with Crippen LogP contribution in [-0.2, 0) is 14.6 Å². The van der Waals surface area contributed by atoms with Crippen molar-refractivity contribution in [3.8, 4) is 0 Å². The summed E-state index contributed by atoms with van der Waals surface area (Å²) in [5.41, 5.74) is 2.29. The van der Waals surface area contributed by atoms with Crippen LogP contribution < -0.4 is 15.1 Å². The van der Waals surface area contributed by atoms with Crippen LogP contribution in [0.25, 0.3) is 0 Å². The van der Waals surface area contributed by atoms with Gasteiger partial charge in [0.05, 0.1) is 11.5 Å². The molecule has 0 aliphatic carbocycles. The second-order valence-corrected chi connectivity index (χ2v) is 10.8. The first kappa shape index (κ1) is 17.6. The van der Waals surface area contributed by atoms with E-state index < -0.39 is 9.84 Å². The molecule has 0 saturated carbocycles. The van der Waals surface area contributed by atoms with E-state index in [4.69, 9.17) is 0 Å². The zero-order valence-corrected chi connectivity index (χ0v) is 16.3. The number of hydrogen-bond acceptors (Lipinski definition) is 5. The van der Waals surface area contributed by atoms with Crippen molar-refractivity contribution >= 4 is 27.1 Å². The maximum absolute atomic E-state index is 12.1. The zero-order chi connectivity index (χ0) is 18.5. The van der Waals surface area contributed by atoms with Crippen LogP contribution in [0.3, 0.4) is 0 Å². The summed E-state index contributed by atoms with van der Waals surface area (Å²) in [4.78, 5) is 16.6. The molecule has 0 radical (unpaired) electrons. The van der Waals surface area contributed by atoms with Crippen LogP contribution in [0, 0.1) is 5.41 Å². The Morgan fingerprint density at radius 3 is 2.35 bits per heavy atom. The molecule has 0 aromatic heterocycles. The lowest BCUT2D eigenvalue weighted by Gasteiger charge is -2.48. The van der Waals surface area contributed by atoms with Crippen molar-refractivity contribution in [1.29, 1.82) is 0 Å². The Labute approximate surface area is 155 Å². The van der Waals surface area contributed by atoms with Gasteiger partial charge in [-0.25, -0.2) is 8.42 Å². The molecule has 4 aliphatic heterocycles. The van der Waals surface area contributed by atoms with Gasteiger partial charge >= 0.3 is 0 Å². The monoisotopic (exact) mass is 377 g/mol. The van der Waals surface area contributed by atoms with Crippen molar-refractivity contribution in [1.82, 2.24) is 5.32 Å². The van der Waals surface area contributed by atoms with Crippen LogP contribution in [0.15, 0.2) is 24.3 Å². The molecular formula is C19H27N3O3S. The number of sulfone groups is 1. The molecule has 0 spiro atoms. The van der Waals surface area contributed by atoms with Gasteiger partial charge in [0.1, 0.15) is 0 Å². The van der Waals surface area contributed by atoms with E-state index in [1.54, 1.807) is 0 Å². The fourth-order valence-electron chi connectivity index (χ4n) is 4.68. The number of fused-ring (bicyclic) bond motifs is 4. The van der Waals surface area contributed by atoms with Crippen molar-refractivity contribution < 1.29 is 13.2 Å². The lowest BCUT2D eigenvalue weighted by Crippen LogP contribution is -2.54. The topological polar surface area (TPSA) is 69.7 Å². The second kappa shape index (κ2) is 6.15. The Hall–Kier alpha value is -1.76. The number of amides is 1. The minimum Gasteiger partial charge on any atom is -0.369 e. The highest BCUT2D eigenvalue weighted by Crippen LogP contribution is 2.41. The Morgan fingerprint density at radius 2 is 1.69 bits per heavy atom. The van der Waals surface area contributed by atoms with Gasteiger partial charge < -0.3 is 15.1 Å². The third-order valence-corrected chi connectivity index (χ3v) is 7.71. The number of carbonyl (C=O) groups is 1. The van der Waals surface area contributed by atoms with Gasteiger partial charge in [-0.3, -0.25) is 4.79 Å². The van der Waals surface area contributed by atoms with Gasteiger partial charge in [-0.2, -0.15) is 0 Å². The molecular weight excluding hydrogens is 350 g/mol. The quantitative estimate of drug-likeness (QED) is 0.844. The summed E-state index contributed by atoms with van der Waals surface area (Å²) in [5, 5.41) is 3.15. The number of nitrogens with zero attached hydrogens (tertiary/aromatic N) is 2. The molecule has 6 nitrogen and oxygen atoms in total. The van der Waals surface area contributed by atoms with E-state index in [-0.39, 0.29) is 34.9 Å². The van der Waals surface area contributed by atoms with Gasteiger partial charge in [0.15, 0.2) is 9.84 Å². The van der Waals surface area contributed by atoms with E-state index in [1.165, 1.54) is 0 Å². The molecule has 5 rings (SSSR count). The predicted molar refractivity (Wildman–Crippen MR) is 103 cm³/mol. The number of rotatable bonds is 2. The van der Waals surface area contributed by atoms with Crippen LogP contribution in [0.4, 0.5) is 11.4 Å². The number of benzene rings is 1. The van der Waals surface area contributed by atoms with E-state index in [1.807, 2.05) is 0 Å². The average Bonchev–Trinajstić information content (AvgIpc) is 2.79. The standard InChI is InChI=1S/C19H27N3O3S/c1-19(2)12-14-13-22(17(19)11-18(23)20-14)16-5-3-15(4-6-16)21-7-9-26(24,25)10-8-21/h3-6,14,17H,7-13H2,1-2H3,(H,20,23)/t14-,17+/m1/s1. The van der Waals surface area contributed by atoms with Gasteiger partial charge in [0, 0.05) is 49.5 Å². The molecule has 26 heavy (non-hydrogen) atoms. The zero-order valence-electron chi connectivity index (χ0n) is 15.4. The maximum atomic E-state index is 12.1. The van der Waals surface area contributed by atoms with Crippen LogP contribution in [0.2, 0.25) is 0 Å². The van der Waals surface area contributed by atoms with Gasteiger partial charge in [-0.05, 0) is 36.1 Å². The normalized spacial score (nSPS) is 30.0. The Balaban J connectivity index is 1.54. The van der Waals surface area contributed by atoms with Crippen molar-refractivity contribution in [3.05, 3.63) is 24.3 Å². The summed E-state index contributed by atoms with van der Waals surface area (Å²) >= 11 is 0. The van der Waals surface area contributed by atoms with Gasteiger partial charge in [-0.15, -0.1) is 0 Å². The van der Waals surface area contributed by atoms with Gasteiger partial charge in [-0.1, -0.05) is 13.8 Å². The molecule has 2 atom stereocenters. The van der Waals surface area contributed by atoms with Crippen LogP contribution in [0.5, 0.6) is 0 Å². The van der Waals surface area contributed by atoms with E-state index in [2.05, 4.69) is 53.2 Å². The highest BCUT2D eigenvalue weighted by atomic mass is 32.2. The molecule has 1 amide bonds. The smallest absolute Gasteiger partial charge is 0.222 e. The van der Waals surface area contributed by atoms with Crippen LogP contribution in [0.1, 0.15) is 26.7 Å². The fraction of sp³-hybridized carbons (Fsp3) is 0.632. The number of anilines is 2. The van der Waals surface area contributed by atoms with E-state index in [0.29, 0.717) is 19.5 Å². The first-order valence-electron chi connectivity index (χ1n) is 9.35. The lowest BCUT2D eigenvalue weighted by atomic mass is 9.74. The summed E-state index contributed by atoms with van der Waals surface area (Å²) < 4.78 is 23.2. The first-order valence-corrected chi connectivity index (χ1v) is 11.2. The number of piperidine rings is 1. The van der Waals surface area contributed by atoms with E-state index >= 15 is 0 Å². The minimum absolute atomic E-state index is 0.0853. The van der Waals surface area contributed by atoms with E-state index in [9.17, 15) is 13.2 Å². The molecule has 1 N–H and O–H groups in total. The predicted octanol–water partition coefficient (Wildman–Crippen LogP) is 1.41. The van der Waals surface area contributed by atoms with Crippen molar-refractivity contribution in [2.24, 2.45) is 5.41 Å². The molecule has 4 aliphatic rings. The molecule has 7 heteroatoms. The molecule has 1 aromatic rings. The molecule has 4 heterocycles. The molecule has 1 aromatic carbocycles. The SMILES string of the molecule is CC1(C)C[C@@H]2CN(c3ccc(N4CCS(=O)(=O)CC4)cc3)[C@H]1CC(=O)N2. The summed E-state index contributed by atoms with van der Waals surface area (Å²) in [5.74, 6) is 0.610. The average molecular weight is 378 g/mol. The van der Waals surface area contributed by atoms with Gasteiger partial charge in [0.25, 0.3) is 0 Å². The first-order chi connectivity index (χ1) is 12.2. The third-order valence-electron chi connectivity index (χ3n) is 6.10. The Bertz CT molecular complexity index is 790.